The van der Waals surface area contributed by atoms with Crippen LogP contribution in [-0.2, 0) is 4.74 Å². The van der Waals surface area contributed by atoms with Crippen LogP contribution in [0.1, 0.15) is 20.3 Å². The molecule has 0 aromatic heterocycles. The van der Waals surface area contributed by atoms with Gasteiger partial charge in [-0.15, -0.1) is 0 Å². The largest absolute Gasteiger partial charge is 0.377 e. The molecule has 0 aromatic carbocycles. The predicted octanol–water partition coefficient (Wildman–Crippen LogP) is 0.759. The summed E-state index contributed by atoms with van der Waals surface area (Å²) in [6, 6.07) is 0.249. The monoisotopic (exact) mass is 129 g/mol. The van der Waals surface area contributed by atoms with Gasteiger partial charge in [0.15, 0.2) is 0 Å². The van der Waals surface area contributed by atoms with Crippen molar-refractivity contribution in [3.8, 4) is 0 Å². The third-order valence-corrected chi connectivity index (χ3v) is 2.15. The summed E-state index contributed by atoms with van der Waals surface area (Å²) < 4.78 is 5.34. The van der Waals surface area contributed by atoms with Gasteiger partial charge in [-0.2, -0.15) is 0 Å². The highest BCUT2D eigenvalue weighted by atomic mass is 16.5. The van der Waals surface area contributed by atoms with Crippen molar-refractivity contribution in [3.63, 3.8) is 0 Å². The lowest BCUT2D eigenvalue weighted by molar-refractivity contribution is -0.00970. The average Bonchev–Trinajstić information content (AvgIpc) is 1.83. The van der Waals surface area contributed by atoms with E-state index < -0.39 is 0 Å². The Kier molecular flexibility index (Phi) is 2.09. The Morgan fingerprint density at radius 2 is 2.11 bits per heavy atom. The van der Waals surface area contributed by atoms with E-state index in [9.17, 15) is 0 Å². The lowest BCUT2D eigenvalue weighted by atomic mass is 9.93. The highest BCUT2D eigenvalue weighted by Gasteiger charge is 2.24. The molecular weight excluding hydrogens is 114 g/mol. The van der Waals surface area contributed by atoms with Gasteiger partial charge in [-0.25, -0.2) is 0 Å². The number of nitrogens with two attached hydrogens (primary N) is 1. The van der Waals surface area contributed by atoms with Crippen LogP contribution in [0.4, 0.5) is 0 Å². The Bertz CT molecular complexity index is 84.9. The normalized spacial score (nSPS) is 45.0. The summed E-state index contributed by atoms with van der Waals surface area (Å²) in [6.45, 7) is 5.11. The van der Waals surface area contributed by atoms with Crippen LogP contribution in [0.5, 0.6) is 0 Å². The molecule has 0 unspecified atom stereocenters. The molecule has 1 heterocycles. The minimum Gasteiger partial charge on any atom is -0.377 e. The lowest BCUT2D eigenvalue weighted by Gasteiger charge is -2.31. The molecule has 2 heteroatoms. The Labute approximate surface area is 56.4 Å². The van der Waals surface area contributed by atoms with Gasteiger partial charge in [0.25, 0.3) is 0 Å². The SMILES string of the molecule is C[C@@H]1OCC[C@H](C)[C@H]1N. The first-order chi connectivity index (χ1) is 4.22. The minimum absolute atomic E-state index is 0.249. The van der Waals surface area contributed by atoms with Crippen LogP contribution >= 0.6 is 0 Å². The molecule has 1 aliphatic rings. The van der Waals surface area contributed by atoms with E-state index in [-0.39, 0.29) is 12.1 Å². The van der Waals surface area contributed by atoms with Gasteiger partial charge in [0, 0.05) is 12.6 Å². The first-order valence-corrected chi connectivity index (χ1v) is 3.59. The van der Waals surface area contributed by atoms with Crippen LogP contribution in [0, 0.1) is 5.92 Å². The Balaban J connectivity index is 2.41. The van der Waals surface area contributed by atoms with Gasteiger partial charge in [-0.05, 0) is 19.3 Å². The van der Waals surface area contributed by atoms with Crippen LogP contribution in [0.25, 0.3) is 0 Å². The Morgan fingerprint density at radius 1 is 1.44 bits per heavy atom. The second-order valence-electron chi connectivity index (χ2n) is 2.92. The number of ether oxygens (including phenoxy) is 1. The zero-order valence-corrected chi connectivity index (χ0v) is 6.13. The summed E-state index contributed by atoms with van der Waals surface area (Å²) in [6.07, 6.45) is 1.37. The molecule has 0 radical (unpaired) electrons. The zero-order valence-electron chi connectivity index (χ0n) is 6.13. The molecule has 0 amide bonds. The molecule has 1 saturated heterocycles. The fourth-order valence-electron chi connectivity index (χ4n) is 1.21. The molecular formula is C7H15NO. The van der Waals surface area contributed by atoms with E-state index in [1.165, 1.54) is 0 Å². The van der Waals surface area contributed by atoms with Gasteiger partial charge < -0.3 is 10.5 Å². The molecule has 0 bridgehead atoms. The molecule has 54 valence electrons. The maximum atomic E-state index is 5.80. The third kappa shape index (κ3) is 1.43. The van der Waals surface area contributed by atoms with Gasteiger partial charge in [-0.1, -0.05) is 6.92 Å². The van der Waals surface area contributed by atoms with Crippen molar-refractivity contribution < 1.29 is 4.74 Å². The highest BCUT2D eigenvalue weighted by Crippen LogP contribution is 2.17. The van der Waals surface area contributed by atoms with E-state index in [1.54, 1.807) is 0 Å². The summed E-state index contributed by atoms with van der Waals surface area (Å²) in [5, 5.41) is 0. The van der Waals surface area contributed by atoms with Crippen LogP contribution in [0.2, 0.25) is 0 Å². The standard InChI is InChI=1S/C7H15NO/c1-5-3-4-9-6(2)7(5)8/h5-7H,3-4,8H2,1-2H3/t5-,6-,7+/m0/s1. The lowest BCUT2D eigenvalue weighted by Crippen LogP contribution is -2.44. The van der Waals surface area contributed by atoms with Crippen molar-refractivity contribution in [1.29, 1.82) is 0 Å². The van der Waals surface area contributed by atoms with Crippen molar-refractivity contribution >= 4 is 0 Å². The summed E-state index contributed by atoms with van der Waals surface area (Å²) in [4.78, 5) is 0. The fraction of sp³-hybridized carbons (Fsp3) is 1.00. The molecule has 2 nitrogen and oxygen atoms in total. The summed E-state index contributed by atoms with van der Waals surface area (Å²) in [5.74, 6) is 0.633. The number of hydrogen-bond donors (Lipinski definition) is 1. The fourth-order valence-corrected chi connectivity index (χ4v) is 1.21. The van der Waals surface area contributed by atoms with E-state index in [2.05, 4.69) is 6.92 Å². The summed E-state index contributed by atoms with van der Waals surface area (Å²) in [7, 11) is 0. The van der Waals surface area contributed by atoms with Crippen molar-refractivity contribution in [1.82, 2.24) is 0 Å². The van der Waals surface area contributed by atoms with Crippen LogP contribution in [-0.4, -0.2) is 18.8 Å². The van der Waals surface area contributed by atoms with E-state index in [4.69, 9.17) is 10.5 Å². The van der Waals surface area contributed by atoms with Crippen LogP contribution < -0.4 is 5.73 Å². The molecule has 0 spiro atoms. The predicted molar refractivity (Wildman–Crippen MR) is 37.2 cm³/mol. The van der Waals surface area contributed by atoms with Crippen molar-refractivity contribution in [3.05, 3.63) is 0 Å². The first kappa shape index (κ1) is 7.03. The topological polar surface area (TPSA) is 35.2 Å². The van der Waals surface area contributed by atoms with E-state index in [1.807, 2.05) is 6.92 Å². The number of hydrogen-bond acceptors (Lipinski definition) is 2. The van der Waals surface area contributed by atoms with Gasteiger partial charge in [0.2, 0.25) is 0 Å². The quantitative estimate of drug-likeness (QED) is 0.524. The molecule has 0 saturated carbocycles. The summed E-state index contributed by atoms with van der Waals surface area (Å²) in [5.41, 5.74) is 5.80. The van der Waals surface area contributed by atoms with Gasteiger partial charge in [0.05, 0.1) is 6.10 Å². The molecule has 1 fully saturated rings. The Hall–Kier alpha value is -0.0800. The van der Waals surface area contributed by atoms with E-state index in [0.29, 0.717) is 5.92 Å². The third-order valence-electron chi connectivity index (χ3n) is 2.15. The average molecular weight is 129 g/mol. The van der Waals surface area contributed by atoms with E-state index >= 15 is 0 Å². The molecule has 3 atom stereocenters. The van der Waals surface area contributed by atoms with Gasteiger partial charge in [0.1, 0.15) is 0 Å². The zero-order chi connectivity index (χ0) is 6.85. The molecule has 0 aliphatic carbocycles. The smallest absolute Gasteiger partial charge is 0.0700 e. The number of rotatable bonds is 0. The Morgan fingerprint density at radius 3 is 2.56 bits per heavy atom. The van der Waals surface area contributed by atoms with E-state index in [0.717, 1.165) is 13.0 Å². The maximum Gasteiger partial charge on any atom is 0.0700 e. The molecule has 1 rings (SSSR count). The summed E-state index contributed by atoms with van der Waals surface area (Å²) >= 11 is 0. The van der Waals surface area contributed by atoms with Gasteiger partial charge >= 0.3 is 0 Å². The molecule has 2 N–H and O–H groups in total. The maximum absolute atomic E-state index is 5.80. The molecule has 9 heavy (non-hydrogen) atoms. The van der Waals surface area contributed by atoms with Crippen molar-refractivity contribution in [2.24, 2.45) is 11.7 Å². The molecule has 1 aliphatic heterocycles. The van der Waals surface area contributed by atoms with Gasteiger partial charge in [-0.3, -0.25) is 0 Å². The van der Waals surface area contributed by atoms with Crippen molar-refractivity contribution in [2.45, 2.75) is 32.4 Å². The highest BCUT2D eigenvalue weighted by molar-refractivity contribution is 4.78. The second kappa shape index (κ2) is 2.67. The van der Waals surface area contributed by atoms with Crippen LogP contribution in [0.15, 0.2) is 0 Å². The van der Waals surface area contributed by atoms with Crippen LogP contribution in [0.3, 0.4) is 0 Å². The second-order valence-corrected chi connectivity index (χ2v) is 2.92. The minimum atomic E-state index is 0.249. The first-order valence-electron chi connectivity index (χ1n) is 3.59. The molecule has 0 aromatic rings. The van der Waals surface area contributed by atoms with Crippen molar-refractivity contribution in [2.75, 3.05) is 6.61 Å².